The summed E-state index contributed by atoms with van der Waals surface area (Å²) in [6, 6.07) is 0. The van der Waals surface area contributed by atoms with Crippen LogP contribution in [0.2, 0.25) is 0 Å². The van der Waals surface area contributed by atoms with Gasteiger partial charge in [-0.1, -0.05) is 0 Å². The number of ether oxygens (including phenoxy) is 2. The Morgan fingerprint density at radius 3 is 1.08 bits per heavy atom. The number of rotatable bonds is 7. The van der Waals surface area contributed by atoms with Crippen LogP contribution in [0, 0.1) is 0 Å². The molecule has 0 aromatic rings. The van der Waals surface area contributed by atoms with Gasteiger partial charge in [0.1, 0.15) is 0 Å². The van der Waals surface area contributed by atoms with E-state index in [0.717, 1.165) is 0 Å². The maximum atomic E-state index is 12.5. The van der Waals surface area contributed by atoms with Gasteiger partial charge < -0.3 is 0 Å². The van der Waals surface area contributed by atoms with Gasteiger partial charge in [0.25, 0.3) is 0 Å². The molecule has 2 nitrogen and oxygen atoms in total. The fourth-order valence-electron chi connectivity index (χ4n) is 1.45. The van der Waals surface area contributed by atoms with Crippen molar-refractivity contribution in [3.05, 3.63) is 0 Å². The van der Waals surface area contributed by atoms with Crippen molar-refractivity contribution >= 4 is 0 Å². The van der Waals surface area contributed by atoms with E-state index in [1.54, 1.807) is 4.74 Å². The average molecular weight is 618 g/mol. The molecule has 0 aromatic heterocycles. The summed E-state index contributed by atoms with van der Waals surface area (Å²) < 4.78 is 276. The molecule has 0 rings (SSSR count). The number of hydrogen-bond donors (Lipinski definition) is 0. The normalized spacial score (nSPS) is 16.9. The molecule has 0 radical (unpaired) electrons. The molecule has 0 heterocycles. The monoisotopic (exact) mass is 618 g/mol. The van der Waals surface area contributed by atoms with Crippen molar-refractivity contribution in [1.29, 1.82) is 0 Å². The summed E-state index contributed by atoms with van der Waals surface area (Å²) in [5, 5.41) is 0. The highest BCUT2D eigenvalue weighted by Crippen LogP contribution is 2.52. The van der Waals surface area contributed by atoms with E-state index in [-0.39, 0.29) is 0 Å². The van der Waals surface area contributed by atoms with E-state index in [1.807, 2.05) is 0 Å². The molecule has 0 amide bonds. The maximum absolute atomic E-state index is 12.5. The molecule has 0 saturated heterocycles. The van der Waals surface area contributed by atoms with Crippen molar-refractivity contribution in [2.75, 3.05) is 0 Å². The lowest BCUT2D eigenvalue weighted by Crippen LogP contribution is -2.62. The van der Waals surface area contributed by atoms with Gasteiger partial charge in [-0.05, 0) is 0 Å². The molecule has 0 bridgehead atoms. The Balaban J connectivity index is 0. The number of hydrogen-bond acceptors (Lipinski definition) is 2. The first-order valence-electron chi connectivity index (χ1n) is 7.72. The van der Waals surface area contributed by atoms with Crippen LogP contribution in [-0.2, 0) is 9.47 Å². The lowest BCUT2D eigenvalue weighted by molar-refractivity contribution is -0.470. The molecular weight excluding hydrogens is 613 g/mol. The molecule has 0 fully saturated rings. The van der Waals surface area contributed by atoms with Crippen molar-refractivity contribution in [3.8, 4) is 0 Å². The Hall–Kier alpha value is -1.69. The maximum Gasteiger partial charge on any atom is 0.523 e. The Morgan fingerprint density at radius 2 is 0.865 bits per heavy atom. The van der Waals surface area contributed by atoms with E-state index in [0.29, 0.717) is 0 Å². The van der Waals surface area contributed by atoms with E-state index in [9.17, 15) is 101 Å². The molecular formula is C12H5F23O2. The van der Waals surface area contributed by atoms with E-state index >= 15 is 0 Å². The Bertz CT molecular complexity index is 691. The topological polar surface area (TPSA) is 18.5 Å². The Labute approximate surface area is 186 Å². The van der Waals surface area contributed by atoms with E-state index in [1.165, 1.54) is 0 Å². The molecule has 0 aliphatic carbocycles. The highest BCUT2D eigenvalue weighted by Gasteiger charge is 2.79. The molecule has 0 spiro atoms. The van der Waals surface area contributed by atoms with Crippen molar-refractivity contribution < 1.29 is 110 Å². The summed E-state index contributed by atoms with van der Waals surface area (Å²) in [6.07, 6.45) is -55.1. The van der Waals surface area contributed by atoms with Gasteiger partial charge in [-0.15, -0.1) is 13.2 Å². The van der Waals surface area contributed by atoms with Crippen LogP contribution in [0.25, 0.3) is 0 Å². The average Bonchev–Trinajstić information content (AvgIpc) is 2.54. The van der Waals surface area contributed by atoms with Crippen LogP contribution in [0.4, 0.5) is 101 Å². The molecule has 25 heteroatoms. The van der Waals surface area contributed by atoms with Crippen LogP contribution in [0.1, 0.15) is 6.42 Å². The van der Waals surface area contributed by atoms with Gasteiger partial charge in [-0.25, -0.2) is 8.78 Å². The lowest BCUT2D eigenvalue weighted by Gasteiger charge is -2.35. The van der Waals surface area contributed by atoms with Crippen molar-refractivity contribution in [3.63, 3.8) is 0 Å². The first-order valence-corrected chi connectivity index (χ1v) is 7.72. The zero-order valence-corrected chi connectivity index (χ0v) is 15.9. The lowest BCUT2D eigenvalue weighted by atomic mass is 10.1. The van der Waals surface area contributed by atoms with Crippen LogP contribution >= 0.6 is 0 Å². The van der Waals surface area contributed by atoms with E-state index < -0.39 is 74.1 Å². The second-order valence-electron chi connectivity index (χ2n) is 5.97. The van der Waals surface area contributed by atoms with Crippen LogP contribution in [0.5, 0.6) is 0 Å². The Kier molecular flexibility index (Phi) is 11.3. The summed E-state index contributed by atoms with van der Waals surface area (Å²) >= 11 is 0. The molecule has 2 atom stereocenters. The molecule has 2 unspecified atom stereocenters. The van der Waals surface area contributed by atoms with Crippen LogP contribution in [0.3, 0.4) is 0 Å². The summed E-state index contributed by atoms with van der Waals surface area (Å²) in [4.78, 5) is 0. The summed E-state index contributed by atoms with van der Waals surface area (Å²) in [5.74, 6) is -14.7. The van der Waals surface area contributed by atoms with Crippen LogP contribution in [0.15, 0.2) is 0 Å². The van der Waals surface area contributed by atoms with Gasteiger partial charge in [0.05, 0.1) is 0 Å². The molecule has 0 aromatic carbocycles. The third-order valence-corrected chi connectivity index (χ3v) is 3.03. The first kappa shape index (κ1) is 37.5. The number of alkyl halides is 23. The fourth-order valence-corrected chi connectivity index (χ4v) is 1.45. The summed E-state index contributed by atoms with van der Waals surface area (Å²) in [7, 11) is 0. The van der Waals surface area contributed by atoms with Gasteiger partial charge in [-0.3, -0.25) is 9.47 Å². The van der Waals surface area contributed by atoms with Crippen LogP contribution in [-0.4, -0.2) is 67.7 Å². The minimum absolute atomic E-state index is 1.59. The smallest absolute Gasteiger partial charge is 0.296 e. The molecule has 0 aliphatic rings. The number of halogens is 23. The van der Waals surface area contributed by atoms with Gasteiger partial charge in [0.2, 0.25) is 12.5 Å². The predicted molar refractivity (Wildman–Crippen MR) is 65.5 cm³/mol. The SMILES string of the molecule is FC(F)(F)C(OC(F)(F)C(F)(F)C(F)(F)F)C(F)(F)C(F)(F)F.FC(F)CC(OC(F)(F)F)C(F)(F)F. The summed E-state index contributed by atoms with van der Waals surface area (Å²) in [5.41, 5.74) is 0. The zero-order chi connectivity index (χ0) is 30.9. The molecule has 0 N–H and O–H groups in total. The third-order valence-electron chi connectivity index (χ3n) is 3.03. The van der Waals surface area contributed by atoms with Crippen LogP contribution < -0.4 is 0 Å². The molecule has 0 aliphatic heterocycles. The quantitative estimate of drug-likeness (QED) is 0.269. The standard InChI is InChI=1S/C7HF15O.C5H4F8O/c8-2(9,5(15,16)17)1(3(10,11)12)23-7(21,22)4(13,14)6(18,19)20;6-3(7)1-2(4(8,9)10)14-5(11,12)13/h1H;2-3H,1H2. The van der Waals surface area contributed by atoms with Gasteiger partial charge in [0, 0.05) is 6.42 Å². The van der Waals surface area contributed by atoms with Gasteiger partial charge >= 0.3 is 49.0 Å². The molecule has 0 saturated carbocycles. The minimum atomic E-state index is -7.48. The van der Waals surface area contributed by atoms with E-state index in [2.05, 4.69) is 4.74 Å². The van der Waals surface area contributed by atoms with Crippen molar-refractivity contribution in [1.82, 2.24) is 0 Å². The first-order chi connectivity index (χ1) is 15.6. The fraction of sp³-hybridized carbons (Fsp3) is 1.00. The van der Waals surface area contributed by atoms with Crippen molar-refractivity contribution in [2.45, 2.75) is 74.1 Å². The largest absolute Gasteiger partial charge is 0.523 e. The minimum Gasteiger partial charge on any atom is -0.296 e. The highest BCUT2D eigenvalue weighted by molar-refractivity contribution is 4.94. The van der Waals surface area contributed by atoms with Gasteiger partial charge in [-0.2, -0.15) is 79.0 Å². The highest BCUT2D eigenvalue weighted by atomic mass is 19.4. The summed E-state index contributed by atoms with van der Waals surface area (Å²) in [6.45, 7) is 0. The van der Waals surface area contributed by atoms with Crippen molar-refractivity contribution in [2.24, 2.45) is 0 Å². The van der Waals surface area contributed by atoms with Gasteiger partial charge in [0.15, 0.2) is 6.10 Å². The second-order valence-corrected chi connectivity index (χ2v) is 5.97. The predicted octanol–water partition coefficient (Wildman–Crippen LogP) is 8.03. The van der Waals surface area contributed by atoms with E-state index in [4.69, 9.17) is 0 Å². The second kappa shape index (κ2) is 11.2. The third kappa shape index (κ3) is 10.9. The Morgan fingerprint density at radius 1 is 0.486 bits per heavy atom. The molecule has 37 heavy (non-hydrogen) atoms. The molecule has 226 valence electrons. The zero-order valence-electron chi connectivity index (χ0n) is 15.9.